The zero-order chi connectivity index (χ0) is 15.6. The van der Waals surface area contributed by atoms with Crippen LogP contribution >= 0.6 is 11.6 Å². The minimum absolute atomic E-state index is 0.501. The van der Waals surface area contributed by atoms with Crippen LogP contribution in [-0.2, 0) is 0 Å². The highest BCUT2D eigenvalue weighted by molar-refractivity contribution is 6.33. The summed E-state index contributed by atoms with van der Waals surface area (Å²) in [6.07, 6.45) is 1.75. The van der Waals surface area contributed by atoms with Crippen LogP contribution in [0.15, 0.2) is 60.8 Å². The Hall–Kier alpha value is -2.92. The molecule has 0 aliphatic carbocycles. The maximum absolute atomic E-state index is 6.25. The second-order valence-electron chi connectivity index (χ2n) is 5.00. The number of halogens is 1. The number of hydrogen-bond donors (Lipinski definition) is 2. The van der Waals surface area contributed by atoms with E-state index in [0.717, 1.165) is 22.3 Å². The van der Waals surface area contributed by atoms with Gasteiger partial charge in [-0.2, -0.15) is 10.1 Å². The van der Waals surface area contributed by atoms with E-state index >= 15 is 0 Å². The number of aromatic amines is 1. The Labute approximate surface area is 137 Å². The predicted octanol–water partition coefficient (Wildman–Crippen LogP) is 4.42. The van der Waals surface area contributed by atoms with Gasteiger partial charge in [0.25, 0.3) is 0 Å². The van der Waals surface area contributed by atoms with Crippen LogP contribution < -0.4 is 5.32 Å². The molecule has 6 heteroatoms. The fourth-order valence-corrected chi connectivity index (χ4v) is 2.61. The monoisotopic (exact) mass is 321 g/mol. The number of nitrogens with zero attached hydrogens (tertiary/aromatic N) is 3. The molecule has 0 aliphatic heterocycles. The van der Waals surface area contributed by atoms with Crippen molar-refractivity contribution in [1.29, 1.82) is 0 Å². The molecule has 4 aromatic rings. The lowest BCUT2D eigenvalue weighted by atomic mass is 10.1. The summed E-state index contributed by atoms with van der Waals surface area (Å²) in [5, 5.41) is 11.9. The van der Waals surface area contributed by atoms with Crippen molar-refractivity contribution in [2.45, 2.75) is 0 Å². The molecule has 0 spiro atoms. The van der Waals surface area contributed by atoms with Gasteiger partial charge in [-0.15, -0.1) is 0 Å². The van der Waals surface area contributed by atoms with Crippen molar-refractivity contribution in [2.24, 2.45) is 0 Å². The third-order valence-electron chi connectivity index (χ3n) is 3.48. The van der Waals surface area contributed by atoms with Gasteiger partial charge >= 0.3 is 0 Å². The standard InChI is InChI=1S/C17H12ClN5/c18-14-9-5-4-8-12(14)15-13-10-19-17(21-16(13)23-22-15)20-11-6-2-1-3-7-11/h1-10H,(H2,19,20,21,22,23). The molecule has 0 bridgehead atoms. The average molecular weight is 322 g/mol. The lowest BCUT2D eigenvalue weighted by Gasteiger charge is -2.04. The molecule has 0 amide bonds. The summed E-state index contributed by atoms with van der Waals surface area (Å²) >= 11 is 6.25. The number of rotatable bonds is 3. The molecule has 0 radical (unpaired) electrons. The zero-order valence-corrected chi connectivity index (χ0v) is 12.7. The van der Waals surface area contributed by atoms with Crippen molar-refractivity contribution >= 4 is 34.3 Å². The van der Waals surface area contributed by atoms with E-state index in [1.807, 2.05) is 54.6 Å². The third kappa shape index (κ3) is 2.62. The van der Waals surface area contributed by atoms with E-state index in [1.165, 1.54) is 0 Å². The lowest BCUT2D eigenvalue weighted by molar-refractivity contribution is 1.09. The topological polar surface area (TPSA) is 66.5 Å². The zero-order valence-electron chi connectivity index (χ0n) is 12.0. The molecular formula is C17H12ClN5. The molecule has 2 aromatic heterocycles. The number of benzene rings is 2. The van der Waals surface area contributed by atoms with Gasteiger partial charge in [0.1, 0.15) is 0 Å². The Morgan fingerprint density at radius 3 is 2.57 bits per heavy atom. The maximum atomic E-state index is 6.25. The number of H-pyrrole nitrogens is 1. The Morgan fingerprint density at radius 2 is 1.74 bits per heavy atom. The number of para-hydroxylation sites is 1. The summed E-state index contributed by atoms with van der Waals surface area (Å²) in [5.74, 6) is 0.501. The fourth-order valence-electron chi connectivity index (χ4n) is 2.38. The number of anilines is 2. The molecule has 23 heavy (non-hydrogen) atoms. The van der Waals surface area contributed by atoms with Crippen molar-refractivity contribution in [1.82, 2.24) is 20.2 Å². The fraction of sp³-hybridized carbons (Fsp3) is 0. The number of hydrogen-bond acceptors (Lipinski definition) is 4. The van der Waals surface area contributed by atoms with Crippen LogP contribution in [0.25, 0.3) is 22.3 Å². The van der Waals surface area contributed by atoms with Crippen molar-refractivity contribution in [3.05, 3.63) is 65.8 Å². The molecule has 2 aromatic carbocycles. The van der Waals surface area contributed by atoms with Gasteiger partial charge in [0.15, 0.2) is 5.65 Å². The first-order valence-electron chi connectivity index (χ1n) is 7.09. The second-order valence-corrected chi connectivity index (χ2v) is 5.41. The largest absolute Gasteiger partial charge is 0.324 e. The summed E-state index contributed by atoms with van der Waals surface area (Å²) in [7, 11) is 0. The van der Waals surface area contributed by atoms with Crippen molar-refractivity contribution < 1.29 is 0 Å². The van der Waals surface area contributed by atoms with Gasteiger partial charge in [-0.1, -0.05) is 48.0 Å². The first kappa shape index (κ1) is 13.7. The molecule has 0 saturated heterocycles. The summed E-state index contributed by atoms with van der Waals surface area (Å²) in [6, 6.07) is 17.4. The maximum Gasteiger partial charge on any atom is 0.229 e. The van der Waals surface area contributed by atoms with Crippen molar-refractivity contribution in [3.63, 3.8) is 0 Å². The highest BCUT2D eigenvalue weighted by Crippen LogP contribution is 2.31. The molecular weight excluding hydrogens is 310 g/mol. The third-order valence-corrected chi connectivity index (χ3v) is 3.81. The molecule has 0 fully saturated rings. The minimum Gasteiger partial charge on any atom is -0.324 e. The highest BCUT2D eigenvalue weighted by Gasteiger charge is 2.12. The molecule has 0 saturated carbocycles. The molecule has 2 N–H and O–H groups in total. The van der Waals surface area contributed by atoms with Gasteiger partial charge in [-0.25, -0.2) is 4.98 Å². The van der Waals surface area contributed by atoms with Crippen molar-refractivity contribution in [3.8, 4) is 11.3 Å². The number of fused-ring (bicyclic) bond motifs is 1. The van der Waals surface area contributed by atoms with E-state index in [1.54, 1.807) is 6.20 Å². The Morgan fingerprint density at radius 1 is 0.957 bits per heavy atom. The summed E-state index contributed by atoms with van der Waals surface area (Å²) < 4.78 is 0. The van der Waals surface area contributed by atoms with Crippen LogP contribution in [-0.4, -0.2) is 20.2 Å². The van der Waals surface area contributed by atoms with Crippen LogP contribution in [0.2, 0.25) is 5.02 Å². The van der Waals surface area contributed by atoms with E-state index in [9.17, 15) is 0 Å². The van der Waals surface area contributed by atoms with E-state index in [4.69, 9.17) is 11.6 Å². The van der Waals surface area contributed by atoms with Gasteiger partial charge < -0.3 is 5.32 Å². The molecule has 5 nitrogen and oxygen atoms in total. The molecule has 4 rings (SSSR count). The van der Waals surface area contributed by atoms with Crippen LogP contribution in [0.3, 0.4) is 0 Å². The smallest absolute Gasteiger partial charge is 0.229 e. The normalized spacial score (nSPS) is 10.8. The van der Waals surface area contributed by atoms with Gasteiger partial charge in [0.2, 0.25) is 5.95 Å². The second kappa shape index (κ2) is 5.70. The first-order chi connectivity index (χ1) is 11.3. The van der Waals surface area contributed by atoms with Gasteiger partial charge in [0, 0.05) is 22.5 Å². The number of nitrogens with one attached hydrogen (secondary N) is 2. The predicted molar refractivity (Wildman–Crippen MR) is 91.9 cm³/mol. The van der Waals surface area contributed by atoms with E-state index in [0.29, 0.717) is 16.6 Å². The average Bonchev–Trinajstić information content (AvgIpc) is 2.99. The van der Waals surface area contributed by atoms with E-state index < -0.39 is 0 Å². The Bertz CT molecular complexity index is 965. The van der Waals surface area contributed by atoms with Crippen LogP contribution in [0.4, 0.5) is 11.6 Å². The van der Waals surface area contributed by atoms with Crippen LogP contribution in [0, 0.1) is 0 Å². The highest BCUT2D eigenvalue weighted by atomic mass is 35.5. The Kier molecular flexibility index (Phi) is 3.40. The quantitative estimate of drug-likeness (QED) is 0.586. The summed E-state index contributed by atoms with van der Waals surface area (Å²) in [5.41, 5.74) is 3.21. The molecule has 0 atom stereocenters. The Balaban J connectivity index is 1.73. The van der Waals surface area contributed by atoms with E-state index in [-0.39, 0.29) is 0 Å². The minimum atomic E-state index is 0.501. The van der Waals surface area contributed by atoms with Crippen LogP contribution in [0.1, 0.15) is 0 Å². The van der Waals surface area contributed by atoms with Crippen molar-refractivity contribution in [2.75, 3.05) is 5.32 Å². The SMILES string of the molecule is Clc1ccccc1-c1[nH]nc2nc(Nc3ccccc3)ncc12. The summed E-state index contributed by atoms with van der Waals surface area (Å²) in [6.45, 7) is 0. The lowest BCUT2D eigenvalue weighted by Crippen LogP contribution is -1.96. The van der Waals surface area contributed by atoms with Gasteiger partial charge in [0.05, 0.1) is 11.1 Å². The molecule has 0 unspecified atom stereocenters. The summed E-state index contributed by atoms with van der Waals surface area (Å²) in [4.78, 5) is 8.80. The molecule has 112 valence electrons. The van der Waals surface area contributed by atoms with Gasteiger partial charge in [-0.3, -0.25) is 5.10 Å². The van der Waals surface area contributed by atoms with Crippen LogP contribution in [0.5, 0.6) is 0 Å². The number of aromatic nitrogens is 4. The molecule has 0 aliphatic rings. The van der Waals surface area contributed by atoms with E-state index in [2.05, 4.69) is 25.5 Å². The molecule has 2 heterocycles. The van der Waals surface area contributed by atoms with Gasteiger partial charge in [-0.05, 0) is 18.2 Å². The first-order valence-corrected chi connectivity index (χ1v) is 7.47.